The van der Waals surface area contributed by atoms with Gasteiger partial charge in [-0.2, -0.15) is 0 Å². The van der Waals surface area contributed by atoms with Crippen LogP contribution in [0.25, 0.3) is 6.20 Å². The van der Waals surface area contributed by atoms with E-state index in [1.54, 1.807) is 43.3 Å². The van der Waals surface area contributed by atoms with Crippen molar-refractivity contribution in [3.05, 3.63) is 86.6 Å². The van der Waals surface area contributed by atoms with E-state index in [0.29, 0.717) is 25.6 Å². The highest BCUT2D eigenvalue weighted by Crippen LogP contribution is 2.35. The Morgan fingerprint density at radius 3 is 2.45 bits per heavy atom. The van der Waals surface area contributed by atoms with Crippen LogP contribution in [0, 0.1) is 6.92 Å². The van der Waals surface area contributed by atoms with Crippen LogP contribution < -0.4 is 15.8 Å². The van der Waals surface area contributed by atoms with E-state index in [1.165, 1.54) is 26.5 Å². The Hall–Kier alpha value is -2.72. The summed E-state index contributed by atoms with van der Waals surface area (Å²) in [4.78, 5) is 27.4. The molecule has 156 valence electrons. The van der Waals surface area contributed by atoms with Crippen LogP contribution in [0.3, 0.4) is 0 Å². The van der Waals surface area contributed by atoms with Crippen molar-refractivity contribution in [1.29, 1.82) is 0 Å². The van der Waals surface area contributed by atoms with Crippen LogP contribution in [-0.4, -0.2) is 24.7 Å². The van der Waals surface area contributed by atoms with Gasteiger partial charge in [0.05, 0.1) is 16.8 Å². The maximum absolute atomic E-state index is 13.0. The van der Waals surface area contributed by atoms with E-state index < -0.39 is 0 Å². The predicted octanol–water partition coefficient (Wildman–Crippen LogP) is 4.72. The van der Waals surface area contributed by atoms with Gasteiger partial charge in [-0.3, -0.25) is 14.5 Å². The molecule has 1 amide bonds. The quantitative estimate of drug-likeness (QED) is 0.427. The van der Waals surface area contributed by atoms with Crippen molar-refractivity contribution in [2.45, 2.75) is 6.92 Å². The molecule has 1 aliphatic heterocycles. The third-order valence-corrected chi connectivity index (χ3v) is 6.26. The SMILES string of the molecule is Cc1cc(=O)n(C=C2SC(=S)N(c3ccccc3)C2=O)n1C(=S)Nc1ccc(Cl)cc1. The second kappa shape index (κ2) is 8.80. The van der Waals surface area contributed by atoms with Gasteiger partial charge >= 0.3 is 0 Å². The fourth-order valence-corrected chi connectivity index (χ4v) is 4.76. The number of aryl methyl sites for hydroxylation is 1. The molecule has 0 bridgehead atoms. The Labute approximate surface area is 198 Å². The average molecular weight is 487 g/mol. The molecule has 1 N–H and O–H groups in total. The number of thioether (sulfide) groups is 1. The summed E-state index contributed by atoms with van der Waals surface area (Å²) >= 11 is 18.0. The summed E-state index contributed by atoms with van der Waals surface area (Å²) < 4.78 is 3.23. The molecule has 2 aromatic carbocycles. The zero-order chi connectivity index (χ0) is 22.1. The molecule has 1 fully saturated rings. The Kier molecular flexibility index (Phi) is 6.10. The number of anilines is 2. The molecular weight excluding hydrogens is 472 g/mol. The first-order valence-electron chi connectivity index (χ1n) is 9.06. The van der Waals surface area contributed by atoms with Gasteiger partial charge in [-0.25, -0.2) is 9.36 Å². The van der Waals surface area contributed by atoms with Gasteiger partial charge in [0, 0.05) is 22.5 Å². The first-order valence-corrected chi connectivity index (χ1v) is 11.1. The maximum Gasteiger partial charge on any atom is 0.272 e. The minimum atomic E-state index is -0.317. The third-order valence-electron chi connectivity index (χ3n) is 4.44. The molecule has 10 heteroatoms. The summed E-state index contributed by atoms with van der Waals surface area (Å²) in [6.45, 7) is 1.76. The number of nitrogens with zero attached hydrogens (tertiary/aromatic N) is 3. The lowest BCUT2D eigenvalue weighted by Gasteiger charge is -2.15. The molecule has 0 spiro atoms. The minimum Gasteiger partial charge on any atom is -0.331 e. The maximum atomic E-state index is 13.0. The van der Waals surface area contributed by atoms with Crippen molar-refractivity contribution in [3.8, 4) is 0 Å². The monoisotopic (exact) mass is 486 g/mol. The first kappa shape index (κ1) is 21.5. The van der Waals surface area contributed by atoms with Crippen LogP contribution in [0.1, 0.15) is 5.69 Å². The van der Waals surface area contributed by atoms with Crippen molar-refractivity contribution in [2.24, 2.45) is 0 Å². The number of amides is 1. The van der Waals surface area contributed by atoms with E-state index in [-0.39, 0.29) is 16.6 Å². The molecule has 0 atom stereocenters. The van der Waals surface area contributed by atoms with Gasteiger partial charge in [-0.15, -0.1) is 0 Å². The van der Waals surface area contributed by atoms with Crippen molar-refractivity contribution >= 4 is 80.7 Å². The van der Waals surface area contributed by atoms with E-state index in [1.807, 2.05) is 18.2 Å². The lowest BCUT2D eigenvalue weighted by atomic mass is 10.3. The highest BCUT2D eigenvalue weighted by Gasteiger charge is 2.33. The highest BCUT2D eigenvalue weighted by molar-refractivity contribution is 8.27. The molecule has 6 nitrogen and oxygen atoms in total. The number of carbonyl (C=O) groups is 1. The Morgan fingerprint density at radius 1 is 1.10 bits per heavy atom. The molecular formula is C21H15ClN4O2S3. The van der Waals surface area contributed by atoms with Crippen molar-refractivity contribution in [1.82, 2.24) is 9.36 Å². The van der Waals surface area contributed by atoms with Crippen LogP contribution in [0.4, 0.5) is 11.4 Å². The number of carbonyl (C=O) groups excluding carboxylic acids is 1. The first-order chi connectivity index (χ1) is 14.8. The van der Waals surface area contributed by atoms with Crippen LogP contribution in [0.5, 0.6) is 0 Å². The van der Waals surface area contributed by atoms with Crippen LogP contribution >= 0.6 is 47.8 Å². The van der Waals surface area contributed by atoms with Gasteiger partial charge in [-0.1, -0.05) is 53.8 Å². The summed E-state index contributed by atoms with van der Waals surface area (Å²) in [5.41, 5.74) is 1.69. The Morgan fingerprint density at radius 2 is 1.77 bits per heavy atom. The van der Waals surface area contributed by atoms with E-state index >= 15 is 0 Å². The number of rotatable bonds is 3. The largest absolute Gasteiger partial charge is 0.331 e. The van der Waals surface area contributed by atoms with Crippen molar-refractivity contribution in [2.75, 3.05) is 10.2 Å². The number of hydrogen-bond donors (Lipinski definition) is 1. The van der Waals surface area contributed by atoms with Gasteiger partial charge in [0.25, 0.3) is 11.5 Å². The summed E-state index contributed by atoms with van der Waals surface area (Å²) in [7, 11) is 0. The zero-order valence-corrected chi connectivity index (χ0v) is 19.3. The predicted molar refractivity (Wildman–Crippen MR) is 135 cm³/mol. The molecule has 31 heavy (non-hydrogen) atoms. The van der Waals surface area contributed by atoms with Crippen LogP contribution in [-0.2, 0) is 4.79 Å². The van der Waals surface area contributed by atoms with E-state index in [2.05, 4.69) is 5.32 Å². The van der Waals surface area contributed by atoms with Gasteiger partial charge in [0.2, 0.25) is 0 Å². The molecule has 1 aromatic heterocycles. The third kappa shape index (κ3) is 4.35. The van der Waals surface area contributed by atoms with Crippen LogP contribution in [0.2, 0.25) is 5.02 Å². The molecule has 0 unspecified atom stereocenters. The average Bonchev–Trinajstić information content (AvgIpc) is 3.18. The number of benzene rings is 2. The summed E-state index contributed by atoms with van der Waals surface area (Å²) in [5, 5.41) is 3.96. The lowest BCUT2D eigenvalue weighted by molar-refractivity contribution is -0.113. The standard InChI is InChI=1S/C21H15ClN4O2S3/c1-13-11-18(27)24(26(13)20(29)23-15-9-7-14(22)8-10-15)12-17-19(28)25(21(30)31-17)16-5-3-2-4-6-16/h2-12H,1H3,(H,23,29). The van der Waals surface area contributed by atoms with Gasteiger partial charge in [0.15, 0.2) is 9.43 Å². The normalized spacial score (nSPS) is 15.0. The number of halogens is 1. The molecule has 1 saturated heterocycles. The molecule has 0 aliphatic carbocycles. The molecule has 0 radical (unpaired) electrons. The summed E-state index contributed by atoms with van der Waals surface area (Å²) in [5.74, 6) is -0.296. The number of thiocarbonyl (C=S) groups is 2. The molecule has 1 aliphatic rings. The van der Waals surface area contributed by atoms with Gasteiger partial charge in [-0.05, 0) is 55.5 Å². The van der Waals surface area contributed by atoms with Crippen LogP contribution in [0.15, 0.2) is 70.4 Å². The molecule has 3 aromatic rings. The Bertz CT molecular complexity index is 1280. The second-order valence-electron chi connectivity index (χ2n) is 6.55. The fraction of sp³-hybridized carbons (Fsp3) is 0.0476. The topological polar surface area (TPSA) is 59.3 Å². The molecule has 0 saturated carbocycles. The molecule has 2 heterocycles. The minimum absolute atomic E-state index is 0.275. The van der Waals surface area contributed by atoms with E-state index in [9.17, 15) is 9.59 Å². The number of para-hydroxylation sites is 1. The highest BCUT2D eigenvalue weighted by atomic mass is 35.5. The van der Waals surface area contributed by atoms with Gasteiger partial charge < -0.3 is 5.32 Å². The summed E-state index contributed by atoms with van der Waals surface area (Å²) in [6, 6.07) is 17.6. The molecule has 4 rings (SSSR count). The van der Waals surface area contributed by atoms with Crippen molar-refractivity contribution < 1.29 is 4.79 Å². The number of aromatic nitrogens is 2. The van der Waals surface area contributed by atoms with Crippen molar-refractivity contribution in [3.63, 3.8) is 0 Å². The van der Waals surface area contributed by atoms with Gasteiger partial charge in [0.1, 0.15) is 0 Å². The van der Waals surface area contributed by atoms with E-state index in [4.69, 9.17) is 36.0 Å². The van der Waals surface area contributed by atoms with E-state index in [0.717, 1.165) is 17.4 Å². The zero-order valence-electron chi connectivity index (χ0n) is 16.1. The Balaban J connectivity index is 1.68. The smallest absolute Gasteiger partial charge is 0.272 e. The number of hydrogen-bond acceptors (Lipinski definition) is 5. The second-order valence-corrected chi connectivity index (χ2v) is 9.05. The lowest BCUT2D eigenvalue weighted by Crippen LogP contribution is -2.30. The fourth-order valence-electron chi connectivity index (χ4n) is 3.03. The summed E-state index contributed by atoms with van der Waals surface area (Å²) in [6.07, 6.45) is 1.47. The number of nitrogens with one attached hydrogen (secondary N) is 1.